The fourth-order valence-corrected chi connectivity index (χ4v) is 3.11. The van der Waals surface area contributed by atoms with Crippen LogP contribution in [0.4, 0.5) is 0 Å². The molecule has 1 rings (SSSR count). The van der Waals surface area contributed by atoms with Crippen LogP contribution in [0.2, 0.25) is 0 Å². The number of aliphatic hydroxyl groups is 1. The van der Waals surface area contributed by atoms with E-state index < -0.39 is 0 Å². The summed E-state index contributed by atoms with van der Waals surface area (Å²) < 4.78 is 21.3. The predicted octanol–water partition coefficient (Wildman–Crippen LogP) is 2.03. The molecule has 0 radical (unpaired) electrons. The summed E-state index contributed by atoms with van der Waals surface area (Å²) in [6.45, 7) is 8.57. The first-order valence-electron chi connectivity index (χ1n) is 9.08. The van der Waals surface area contributed by atoms with Gasteiger partial charge >= 0.3 is 5.97 Å². The molecule has 3 atom stereocenters. The zero-order valence-electron chi connectivity index (χ0n) is 15.4. The molecular formula is C18H34O6. The molecule has 6 heteroatoms. The van der Waals surface area contributed by atoms with E-state index in [2.05, 4.69) is 20.8 Å². The highest BCUT2D eigenvalue weighted by atomic mass is 16.6. The molecule has 0 aliphatic heterocycles. The highest BCUT2D eigenvalue weighted by molar-refractivity contribution is 5.70. The zero-order chi connectivity index (χ0) is 17.8. The van der Waals surface area contributed by atoms with E-state index in [1.54, 1.807) is 0 Å². The van der Waals surface area contributed by atoms with Gasteiger partial charge in [-0.25, -0.2) is 4.79 Å². The lowest BCUT2D eigenvalue weighted by molar-refractivity contribution is -0.161. The van der Waals surface area contributed by atoms with Gasteiger partial charge in [-0.05, 0) is 30.6 Å². The average molecular weight is 346 g/mol. The van der Waals surface area contributed by atoms with Gasteiger partial charge in [-0.1, -0.05) is 27.2 Å². The van der Waals surface area contributed by atoms with Gasteiger partial charge in [0.1, 0.15) is 12.7 Å². The Balaban J connectivity index is 2.10. The lowest BCUT2D eigenvalue weighted by atomic mass is 9.75. The van der Waals surface area contributed by atoms with Crippen molar-refractivity contribution in [1.29, 1.82) is 0 Å². The Labute approximate surface area is 145 Å². The second-order valence-corrected chi connectivity index (χ2v) is 6.86. The lowest BCUT2D eigenvalue weighted by Crippen LogP contribution is -2.36. The van der Waals surface area contributed by atoms with Crippen LogP contribution in [-0.2, 0) is 23.7 Å². The van der Waals surface area contributed by atoms with Gasteiger partial charge in [0.05, 0.1) is 39.6 Å². The van der Waals surface area contributed by atoms with Crippen LogP contribution < -0.4 is 0 Å². The van der Waals surface area contributed by atoms with E-state index in [0.717, 1.165) is 12.8 Å². The van der Waals surface area contributed by atoms with E-state index in [1.807, 2.05) is 0 Å². The van der Waals surface area contributed by atoms with Crippen LogP contribution in [0.1, 0.15) is 40.0 Å². The van der Waals surface area contributed by atoms with E-state index in [-0.39, 0.29) is 25.3 Å². The summed E-state index contributed by atoms with van der Waals surface area (Å²) in [5, 5.41) is 8.54. The summed E-state index contributed by atoms with van der Waals surface area (Å²) in [4.78, 5) is 12.0. The monoisotopic (exact) mass is 346 g/mol. The number of rotatable bonds is 12. The van der Waals surface area contributed by atoms with Crippen molar-refractivity contribution >= 4 is 5.97 Å². The number of ether oxygens (including phenoxy) is 4. The highest BCUT2D eigenvalue weighted by Gasteiger charge is 2.33. The maximum atomic E-state index is 12.0. The molecule has 0 aromatic heterocycles. The number of hydrogen-bond donors (Lipinski definition) is 1. The van der Waals surface area contributed by atoms with Crippen molar-refractivity contribution in [2.45, 2.75) is 46.1 Å². The van der Waals surface area contributed by atoms with Crippen molar-refractivity contribution in [3.05, 3.63) is 0 Å². The first-order valence-corrected chi connectivity index (χ1v) is 9.08. The van der Waals surface area contributed by atoms with Crippen LogP contribution in [0.15, 0.2) is 0 Å². The van der Waals surface area contributed by atoms with Crippen LogP contribution in [0.5, 0.6) is 0 Å². The van der Waals surface area contributed by atoms with Crippen LogP contribution in [-0.4, -0.2) is 63.4 Å². The van der Waals surface area contributed by atoms with Crippen molar-refractivity contribution in [3.8, 4) is 0 Å². The van der Waals surface area contributed by atoms with Gasteiger partial charge in [0.25, 0.3) is 0 Å². The van der Waals surface area contributed by atoms with Gasteiger partial charge in [0, 0.05) is 0 Å². The Kier molecular flexibility index (Phi) is 11.2. The SMILES string of the molecule is CC(C)C1CC[C@@H](C)CC1OC(=O)COCCOCCOCCO. The van der Waals surface area contributed by atoms with E-state index in [9.17, 15) is 4.79 Å². The van der Waals surface area contributed by atoms with Crippen molar-refractivity contribution in [3.63, 3.8) is 0 Å². The molecule has 0 aromatic carbocycles. The minimum atomic E-state index is -0.286. The largest absolute Gasteiger partial charge is 0.460 e. The molecular weight excluding hydrogens is 312 g/mol. The molecule has 24 heavy (non-hydrogen) atoms. The van der Waals surface area contributed by atoms with Gasteiger partial charge in [-0.2, -0.15) is 0 Å². The van der Waals surface area contributed by atoms with E-state index in [0.29, 0.717) is 50.8 Å². The molecule has 0 bridgehead atoms. The fourth-order valence-electron chi connectivity index (χ4n) is 3.11. The normalized spacial score (nSPS) is 24.3. The first-order chi connectivity index (χ1) is 11.5. The third-order valence-corrected chi connectivity index (χ3v) is 4.44. The molecule has 1 aliphatic carbocycles. The van der Waals surface area contributed by atoms with Crippen LogP contribution in [0.3, 0.4) is 0 Å². The van der Waals surface area contributed by atoms with Gasteiger partial charge in [0.2, 0.25) is 0 Å². The summed E-state index contributed by atoms with van der Waals surface area (Å²) in [6.07, 6.45) is 3.31. The summed E-state index contributed by atoms with van der Waals surface area (Å²) in [5.41, 5.74) is 0. The Morgan fingerprint density at radius 1 is 1.04 bits per heavy atom. The average Bonchev–Trinajstić information content (AvgIpc) is 2.53. The van der Waals surface area contributed by atoms with Crippen molar-refractivity contribution in [1.82, 2.24) is 0 Å². The molecule has 0 saturated heterocycles. The summed E-state index contributed by atoms with van der Waals surface area (Å²) >= 11 is 0. The van der Waals surface area contributed by atoms with Gasteiger partial charge in [0.15, 0.2) is 0 Å². The highest BCUT2D eigenvalue weighted by Crippen LogP contribution is 2.35. The molecule has 1 saturated carbocycles. The predicted molar refractivity (Wildman–Crippen MR) is 90.8 cm³/mol. The Morgan fingerprint density at radius 2 is 1.67 bits per heavy atom. The smallest absolute Gasteiger partial charge is 0.332 e. The lowest BCUT2D eigenvalue weighted by Gasteiger charge is -2.36. The van der Waals surface area contributed by atoms with Crippen molar-refractivity contribution < 1.29 is 28.8 Å². The summed E-state index contributed by atoms with van der Waals surface area (Å²) in [7, 11) is 0. The zero-order valence-corrected chi connectivity index (χ0v) is 15.4. The molecule has 1 N–H and O–H groups in total. The second-order valence-electron chi connectivity index (χ2n) is 6.86. The van der Waals surface area contributed by atoms with Crippen LogP contribution >= 0.6 is 0 Å². The number of hydrogen-bond acceptors (Lipinski definition) is 6. The molecule has 6 nitrogen and oxygen atoms in total. The first kappa shape index (κ1) is 21.4. The van der Waals surface area contributed by atoms with Crippen molar-refractivity contribution in [2.24, 2.45) is 17.8 Å². The van der Waals surface area contributed by atoms with Gasteiger partial charge in [-0.15, -0.1) is 0 Å². The summed E-state index contributed by atoms with van der Waals surface area (Å²) in [5.74, 6) is 1.30. The topological polar surface area (TPSA) is 74.2 Å². The third kappa shape index (κ3) is 8.97. The molecule has 142 valence electrons. The van der Waals surface area contributed by atoms with Gasteiger partial charge < -0.3 is 24.1 Å². The molecule has 2 unspecified atom stereocenters. The quantitative estimate of drug-likeness (QED) is 0.430. The minimum absolute atomic E-state index is 0.0165. The van der Waals surface area contributed by atoms with E-state index in [4.69, 9.17) is 24.1 Å². The maximum Gasteiger partial charge on any atom is 0.332 e. The molecule has 0 amide bonds. The molecule has 1 fully saturated rings. The Bertz CT molecular complexity index is 333. The molecule has 0 aromatic rings. The number of aliphatic hydroxyl groups excluding tert-OH is 1. The maximum absolute atomic E-state index is 12.0. The molecule has 0 spiro atoms. The Morgan fingerprint density at radius 3 is 2.29 bits per heavy atom. The molecule has 0 heterocycles. The van der Waals surface area contributed by atoms with Crippen molar-refractivity contribution in [2.75, 3.05) is 46.2 Å². The molecule has 1 aliphatic rings. The number of carbonyl (C=O) groups is 1. The van der Waals surface area contributed by atoms with E-state index in [1.165, 1.54) is 6.42 Å². The van der Waals surface area contributed by atoms with E-state index >= 15 is 0 Å². The fraction of sp³-hybridized carbons (Fsp3) is 0.944. The Hall–Kier alpha value is -0.690. The third-order valence-electron chi connectivity index (χ3n) is 4.44. The second kappa shape index (κ2) is 12.6. The number of esters is 1. The standard InChI is InChI=1S/C18H34O6/c1-14(2)16-5-4-15(3)12-17(16)24-18(20)13-23-11-10-22-9-8-21-7-6-19/h14-17,19H,4-13H2,1-3H3/t15-,16?,17?/m1/s1. The minimum Gasteiger partial charge on any atom is -0.460 e. The summed E-state index contributed by atoms with van der Waals surface area (Å²) in [6, 6.07) is 0. The number of carbonyl (C=O) groups excluding carboxylic acids is 1. The van der Waals surface area contributed by atoms with Gasteiger partial charge in [-0.3, -0.25) is 0 Å². The van der Waals surface area contributed by atoms with Crippen LogP contribution in [0.25, 0.3) is 0 Å². The van der Waals surface area contributed by atoms with Crippen LogP contribution in [0, 0.1) is 17.8 Å².